The van der Waals surface area contributed by atoms with Crippen LogP contribution in [0.4, 0.5) is 5.13 Å². The topological polar surface area (TPSA) is 80.2 Å². The molecule has 32 heavy (non-hydrogen) atoms. The SMILES string of the molecule is CCS(=O)(=O)c1ccc(C(=O)N(Cc2ccccn2)c2nc3c(C)ccc(Cl)c3s2)cc1. The lowest BCUT2D eigenvalue weighted by molar-refractivity contribution is 0.0984. The summed E-state index contributed by atoms with van der Waals surface area (Å²) in [4.78, 5) is 24.3. The van der Waals surface area contributed by atoms with Crippen LogP contribution in [0.3, 0.4) is 0 Å². The molecule has 0 spiro atoms. The van der Waals surface area contributed by atoms with Gasteiger partial charge >= 0.3 is 0 Å². The highest BCUT2D eigenvalue weighted by Crippen LogP contribution is 2.36. The number of hydrogen-bond acceptors (Lipinski definition) is 6. The highest BCUT2D eigenvalue weighted by molar-refractivity contribution is 7.91. The summed E-state index contributed by atoms with van der Waals surface area (Å²) in [7, 11) is -3.35. The molecule has 2 heterocycles. The zero-order valence-corrected chi connectivity index (χ0v) is 19.8. The van der Waals surface area contributed by atoms with E-state index in [0.29, 0.717) is 21.4 Å². The molecular formula is C23H20ClN3O3S2. The summed E-state index contributed by atoms with van der Waals surface area (Å²) < 4.78 is 25.0. The molecule has 0 unspecified atom stereocenters. The minimum Gasteiger partial charge on any atom is -0.278 e. The summed E-state index contributed by atoms with van der Waals surface area (Å²) in [6.07, 6.45) is 1.67. The molecule has 9 heteroatoms. The van der Waals surface area contributed by atoms with E-state index in [1.807, 2.05) is 37.3 Å². The summed E-state index contributed by atoms with van der Waals surface area (Å²) >= 11 is 7.71. The van der Waals surface area contributed by atoms with Crippen LogP contribution in [0.25, 0.3) is 10.2 Å². The third kappa shape index (κ3) is 4.39. The van der Waals surface area contributed by atoms with Gasteiger partial charge in [-0.2, -0.15) is 0 Å². The molecule has 164 valence electrons. The fraction of sp³-hybridized carbons (Fsp3) is 0.174. The first-order chi connectivity index (χ1) is 15.3. The molecule has 0 bridgehead atoms. The number of halogens is 1. The predicted molar refractivity (Wildman–Crippen MR) is 128 cm³/mol. The van der Waals surface area contributed by atoms with Gasteiger partial charge in [0, 0.05) is 11.8 Å². The molecule has 0 N–H and O–H groups in total. The number of rotatable bonds is 6. The van der Waals surface area contributed by atoms with Crippen LogP contribution in [0.15, 0.2) is 65.7 Å². The first-order valence-electron chi connectivity index (χ1n) is 9.90. The van der Waals surface area contributed by atoms with E-state index in [-0.39, 0.29) is 23.1 Å². The minimum absolute atomic E-state index is 0.00207. The average Bonchev–Trinajstić information content (AvgIpc) is 3.27. The molecule has 0 aliphatic rings. The monoisotopic (exact) mass is 485 g/mol. The maximum Gasteiger partial charge on any atom is 0.260 e. The number of benzene rings is 2. The van der Waals surface area contributed by atoms with Crippen molar-refractivity contribution in [1.82, 2.24) is 9.97 Å². The predicted octanol–water partition coefficient (Wildman–Crippen LogP) is 5.29. The number of aryl methyl sites for hydroxylation is 1. The minimum atomic E-state index is -3.35. The number of sulfone groups is 1. The first-order valence-corrected chi connectivity index (χ1v) is 12.7. The van der Waals surface area contributed by atoms with Gasteiger partial charge in [0.1, 0.15) is 0 Å². The van der Waals surface area contributed by atoms with Crippen molar-refractivity contribution in [2.45, 2.75) is 25.3 Å². The molecular weight excluding hydrogens is 466 g/mol. The summed E-state index contributed by atoms with van der Waals surface area (Å²) in [5.41, 5.74) is 2.78. The number of nitrogens with zero attached hydrogens (tertiary/aromatic N) is 3. The highest BCUT2D eigenvalue weighted by atomic mass is 35.5. The van der Waals surface area contributed by atoms with Crippen molar-refractivity contribution < 1.29 is 13.2 Å². The van der Waals surface area contributed by atoms with Gasteiger partial charge in [-0.3, -0.25) is 14.7 Å². The fourth-order valence-electron chi connectivity index (χ4n) is 3.21. The Kier molecular flexibility index (Phi) is 6.28. The van der Waals surface area contributed by atoms with E-state index in [0.717, 1.165) is 15.8 Å². The van der Waals surface area contributed by atoms with Gasteiger partial charge in [0.25, 0.3) is 5.91 Å². The standard InChI is InChI=1S/C23H20ClN3O3S2/c1-3-32(29,30)18-10-8-16(9-11-18)22(28)27(14-17-6-4-5-13-25-17)23-26-20-15(2)7-12-19(24)21(20)31-23/h4-13H,3,14H2,1-2H3. The van der Waals surface area contributed by atoms with Crippen LogP contribution in [0.1, 0.15) is 28.5 Å². The molecule has 2 aromatic heterocycles. The molecule has 0 atom stereocenters. The second-order valence-electron chi connectivity index (χ2n) is 7.18. The van der Waals surface area contributed by atoms with Crippen LogP contribution in [0.5, 0.6) is 0 Å². The Hall–Kier alpha value is -2.81. The second-order valence-corrected chi connectivity index (χ2v) is 10.8. The number of aromatic nitrogens is 2. The number of anilines is 1. The third-order valence-corrected chi connectivity index (χ3v) is 8.34. The van der Waals surface area contributed by atoms with E-state index in [2.05, 4.69) is 4.98 Å². The summed E-state index contributed by atoms with van der Waals surface area (Å²) in [5.74, 6) is -0.304. The van der Waals surface area contributed by atoms with Gasteiger partial charge in [0.2, 0.25) is 0 Å². The average molecular weight is 486 g/mol. The van der Waals surface area contributed by atoms with E-state index >= 15 is 0 Å². The first kappa shape index (κ1) is 22.4. The lowest BCUT2D eigenvalue weighted by Gasteiger charge is -2.19. The molecule has 0 saturated carbocycles. The van der Waals surface area contributed by atoms with E-state index in [1.165, 1.54) is 35.6 Å². The van der Waals surface area contributed by atoms with Gasteiger partial charge < -0.3 is 0 Å². The van der Waals surface area contributed by atoms with Crippen LogP contribution < -0.4 is 4.90 Å². The lowest BCUT2D eigenvalue weighted by Crippen LogP contribution is -2.30. The molecule has 0 saturated heterocycles. The van der Waals surface area contributed by atoms with Crippen molar-refractivity contribution >= 4 is 54.0 Å². The number of carbonyl (C=O) groups excluding carboxylic acids is 1. The van der Waals surface area contributed by atoms with Gasteiger partial charge in [-0.05, 0) is 55.0 Å². The van der Waals surface area contributed by atoms with Gasteiger partial charge in [0.15, 0.2) is 15.0 Å². The Balaban J connectivity index is 1.77. The Bertz CT molecular complexity index is 1350. The Labute approximate surface area is 195 Å². The maximum atomic E-state index is 13.5. The zero-order valence-electron chi connectivity index (χ0n) is 17.4. The van der Waals surface area contributed by atoms with Crippen molar-refractivity contribution in [3.8, 4) is 0 Å². The summed E-state index contributed by atoms with van der Waals surface area (Å²) in [6.45, 7) is 3.74. The van der Waals surface area contributed by atoms with E-state index in [4.69, 9.17) is 16.6 Å². The van der Waals surface area contributed by atoms with Crippen molar-refractivity contribution in [1.29, 1.82) is 0 Å². The molecule has 4 aromatic rings. The fourth-order valence-corrected chi connectivity index (χ4v) is 5.41. The number of carbonyl (C=O) groups is 1. The van der Waals surface area contributed by atoms with E-state index < -0.39 is 9.84 Å². The lowest BCUT2D eigenvalue weighted by atomic mass is 10.2. The summed E-state index contributed by atoms with van der Waals surface area (Å²) in [5, 5.41) is 1.07. The van der Waals surface area contributed by atoms with Gasteiger partial charge in [0.05, 0.1) is 38.1 Å². The number of hydrogen-bond donors (Lipinski definition) is 0. The molecule has 1 amide bonds. The molecule has 0 aliphatic heterocycles. The molecule has 0 aliphatic carbocycles. The van der Waals surface area contributed by atoms with E-state index in [1.54, 1.807) is 18.0 Å². The molecule has 4 rings (SSSR count). The van der Waals surface area contributed by atoms with Gasteiger partial charge in [-0.15, -0.1) is 0 Å². The number of fused-ring (bicyclic) bond motifs is 1. The molecule has 6 nitrogen and oxygen atoms in total. The quantitative estimate of drug-likeness (QED) is 0.370. The van der Waals surface area contributed by atoms with Gasteiger partial charge in [-0.1, -0.05) is 42.0 Å². The third-order valence-electron chi connectivity index (χ3n) is 5.05. The van der Waals surface area contributed by atoms with Crippen molar-refractivity contribution in [3.05, 3.63) is 82.6 Å². The molecule has 0 fully saturated rings. The Morgan fingerprint density at radius 1 is 1.09 bits per heavy atom. The number of amides is 1. The number of thiazole rings is 1. The van der Waals surface area contributed by atoms with Crippen molar-refractivity contribution in [2.24, 2.45) is 0 Å². The van der Waals surface area contributed by atoms with Crippen molar-refractivity contribution in [2.75, 3.05) is 10.7 Å². The smallest absolute Gasteiger partial charge is 0.260 e. The van der Waals surface area contributed by atoms with Crippen LogP contribution >= 0.6 is 22.9 Å². The largest absolute Gasteiger partial charge is 0.278 e. The molecule has 2 aromatic carbocycles. The van der Waals surface area contributed by atoms with E-state index in [9.17, 15) is 13.2 Å². The normalized spacial score (nSPS) is 11.6. The molecule has 0 radical (unpaired) electrons. The van der Waals surface area contributed by atoms with Crippen molar-refractivity contribution in [3.63, 3.8) is 0 Å². The summed E-state index contributed by atoms with van der Waals surface area (Å²) in [6, 6.07) is 15.2. The Morgan fingerprint density at radius 2 is 1.84 bits per heavy atom. The van der Waals surface area contributed by atoms with Crippen LogP contribution in [-0.2, 0) is 16.4 Å². The van der Waals surface area contributed by atoms with Crippen LogP contribution in [0, 0.1) is 6.92 Å². The highest BCUT2D eigenvalue weighted by Gasteiger charge is 2.24. The van der Waals surface area contributed by atoms with Crippen LogP contribution in [0.2, 0.25) is 5.02 Å². The van der Waals surface area contributed by atoms with Crippen LogP contribution in [-0.4, -0.2) is 30.0 Å². The zero-order chi connectivity index (χ0) is 22.9. The van der Waals surface area contributed by atoms with Gasteiger partial charge in [-0.25, -0.2) is 13.4 Å². The number of pyridine rings is 1. The second kappa shape index (κ2) is 8.97. The maximum absolute atomic E-state index is 13.5. The Morgan fingerprint density at radius 3 is 2.47 bits per heavy atom.